The standard InChI is InChI=1S/C16H19F3O3S.C10H15F3O3S.C9H12BrF3/c1-11-3-5-12(6-4-11)23(20,21)22-15-9-7-14(2,8-10-15)16(18,19)13(15)17;1-8-3-5-9(6-4-8,16-17(2,14)15)7(11)10(8,12)13;1-7-2-4-8(10,5-3-7)6(11)9(7,12)13/h3-6,13H,7-10H2,1-2H3;7H,3-6H2,1-2H3;6H,2-5H2,1H3. The summed E-state index contributed by atoms with van der Waals surface area (Å²) in [4.78, 5) is -0.146. The second kappa shape index (κ2) is 13.2. The Morgan fingerprint density at radius 3 is 1.23 bits per heavy atom. The van der Waals surface area contributed by atoms with Crippen molar-refractivity contribution < 1.29 is 64.7 Å². The zero-order chi connectivity index (χ0) is 40.1. The van der Waals surface area contributed by atoms with E-state index in [1.165, 1.54) is 32.9 Å². The molecule has 10 rings (SSSR count). The van der Waals surface area contributed by atoms with Crippen molar-refractivity contribution in [2.45, 2.75) is 161 Å². The summed E-state index contributed by atoms with van der Waals surface area (Å²) >= 11 is 3.14. The van der Waals surface area contributed by atoms with Crippen LogP contribution in [0.15, 0.2) is 29.2 Å². The van der Waals surface area contributed by atoms with E-state index in [1.807, 2.05) is 0 Å². The second-order valence-electron chi connectivity index (χ2n) is 16.9. The number of benzene rings is 1. The maximum Gasteiger partial charge on any atom is 0.297 e. The third-order valence-corrected chi connectivity index (χ3v) is 16.5. The molecule has 0 N–H and O–H groups in total. The lowest BCUT2D eigenvalue weighted by Gasteiger charge is -2.56. The van der Waals surface area contributed by atoms with Gasteiger partial charge in [0.1, 0.15) is 11.2 Å². The minimum atomic E-state index is -4.30. The van der Waals surface area contributed by atoms with E-state index in [0.29, 0.717) is 25.7 Å². The van der Waals surface area contributed by atoms with Gasteiger partial charge in [0.15, 0.2) is 18.5 Å². The maximum atomic E-state index is 14.5. The van der Waals surface area contributed by atoms with E-state index in [9.17, 15) is 56.3 Å². The van der Waals surface area contributed by atoms with Crippen LogP contribution in [0.1, 0.15) is 103 Å². The molecule has 304 valence electrons. The molecule has 0 aliphatic heterocycles. The normalized spacial score (nSPS) is 43.3. The van der Waals surface area contributed by atoms with Crippen LogP contribution in [0.3, 0.4) is 0 Å². The summed E-state index contributed by atoms with van der Waals surface area (Å²) in [5, 5.41) is 0. The summed E-state index contributed by atoms with van der Waals surface area (Å²) in [5.74, 6) is -10.3. The molecule has 6 nitrogen and oxygen atoms in total. The van der Waals surface area contributed by atoms with Crippen molar-refractivity contribution in [1.29, 1.82) is 0 Å². The van der Waals surface area contributed by atoms with Gasteiger partial charge in [-0.2, -0.15) is 16.8 Å². The summed E-state index contributed by atoms with van der Waals surface area (Å²) in [7, 11) is -8.24. The Labute approximate surface area is 313 Å². The predicted molar refractivity (Wildman–Crippen MR) is 182 cm³/mol. The van der Waals surface area contributed by atoms with Gasteiger partial charge >= 0.3 is 0 Å². The Hall–Kier alpha value is -1.11. The Morgan fingerprint density at radius 1 is 0.566 bits per heavy atom. The van der Waals surface area contributed by atoms with E-state index in [-0.39, 0.29) is 56.3 Å². The first-order valence-electron chi connectivity index (χ1n) is 17.5. The van der Waals surface area contributed by atoms with Crippen LogP contribution in [0, 0.1) is 23.2 Å². The molecule has 1 aromatic carbocycles. The molecule has 0 aromatic heterocycles. The number of fused-ring (bicyclic) bond motifs is 9. The molecule has 1 aromatic rings. The van der Waals surface area contributed by atoms with Gasteiger partial charge < -0.3 is 0 Å². The van der Waals surface area contributed by atoms with Gasteiger partial charge in [0.25, 0.3) is 38.0 Å². The van der Waals surface area contributed by atoms with E-state index < -0.39 is 88.3 Å². The van der Waals surface area contributed by atoms with Gasteiger partial charge in [-0.15, -0.1) is 0 Å². The Balaban J connectivity index is 0.000000160. The second-order valence-corrected chi connectivity index (χ2v) is 21.6. The average Bonchev–Trinajstić information content (AvgIpc) is 3.05. The predicted octanol–water partition coefficient (Wildman–Crippen LogP) is 9.96. The molecule has 3 atom stereocenters. The zero-order valence-electron chi connectivity index (χ0n) is 30.1. The average molecular weight is 878 g/mol. The Morgan fingerprint density at radius 2 is 0.887 bits per heavy atom. The highest BCUT2D eigenvalue weighted by Gasteiger charge is 2.73. The highest BCUT2D eigenvalue weighted by atomic mass is 79.9. The fourth-order valence-corrected chi connectivity index (χ4v) is 11.6. The lowest BCUT2D eigenvalue weighted by atomic mass is 9.56. The van der Waals surface area contributed by atoms with Gasteiger partial charge in [-0.3, -0.25) is 8.37 Å². The van der Waals surface area contributed by atoms with Gasteiger partial charge in [-0.05, 0) is 96.1 Å². The number of rotatable bonds is 5. The Kier molecular flexibility index (Phi) is 10.7. The van der Waals surface area contributed by atoms with Crippen molar-refractivity contribution in [2.75, 3.05) is 6.26 Å². The van der Waals surface area contributed by atoms with E-state index in [1.54, 1.807) is 19.1 Å². The van der Waals surface area contributed by atoms with Crippen LogP contribution in [-0.4, -0.2) is 74.9 Å². The molecule has 18 heteroatoms. The van der Waals surface area contributed by atoms with Crippen LogP contribution in [0.25, 0.3) is 0 Å². The smallest absolute Gasteiger partial charge is 0.260 e. The third kappa shape index (κ3) is 6.99. The molecule has 9 aliphatic rings. The highest BCUT2D eigenvalue weighted by Crippen LogP contribution is 2.65. The van der Waals surface area contributed by atoms with Gasteiger partial charge in [0, 0.05) is 16.2 Å². The van der Waals surface area contributed by atoms with Gasteiger partial charge in [-0.1, -0.05) is 54.4 Å². The molecule has 53 heavy (non-hydrogen) atoms. The lowest BCUT2D eigenvalue weighted by Crippen LogP contribution is -2.67. The first-order chi connectivity index (χ1) is 23.9. The van der Waals surface area contributed by atoms with Crippen molar-refractivity contribution in [2.24, 2.45) is 16.2 Å². The molecular weight excluding hydrogens is 831 g/mol. The van der Waals surface area contributed by atoms with Crippen LogP contribution >= 0.6 is 15.9 Å². The molecule has 0 amide bonds. The zero-order valence-corrected chi connectivity index (χ0v) is 33.3. The summed E-state index contributed by atoms with van der Waals surface area (Å²) in [5.41, 5.74) is -6.90. The quantitative estimate of drug-likeness (QED) is 0.166. The SMILES string of the molecule is CC12CCC(Br)(CC1)C(F)C2(F)F.CC12CCC(OS(C)(=O)=O)(CC1)C(F)C2(F)F.Cc1ccc(S(=O)(=O)OC23CCC(C)(CC2)C(F)(F)C3F)cc1. The number of hydrogen-bond acceptors (Lipinski definition) is 6. The summed E-state index contributed by atoms with van der Waals surface area (Å²) < 4.78 is 181. The molecule has 0 heterocycles. The molecule has 9 fully saturated rings. The van der Waals surface area contributed by atoms with E-state index >= 15 is 0 Å². The molecule has 0 saturated heterocycles. The van der Waals surface area contributed by atoms with Crippen molar-refractivity contribution in [3.8, 4) is 0 Å². The van der Waals surface area contributed by atoms with Crippen LogP contribution in [0.4, 0.5) is 39.5 Å². The molecule has 9 saturated carbocycles. The number of hydrogen-bond donors (Lipinski definition) is 0. The van der Waals surface area contributed by atoms with Crippen LogP contribution in [0.5, 0.6) is 0 Å². The lowest BCUT2D eigenvalue weighted by molar-refractivity contribution is -0.275. The van der Waals surface area contributed by atoms with Crippen LogP contribution < -0.4 is 0 Å². The van der Waals surface area contributed by atoms with Crippen molar-refractivity contribution in [3.63, 3.8) is 0 Å². The Bertz CT molecular complexity index is 1750. The molecule has 9 aliphatic carbocycles. The number of halogens is 10. The number of aryl methyl sites for hydroxylation is 1. The molecule has 0 spiro atoms. The minimum absolute atomic E-state index is 0.0212. The van der Waals surface area contributed by atoms with E-state index in [0.717, 1.165) is 11.8 Å². The summed E-state index contributed by atoms with van der Waals surface area (Å²) in [6.45, 7) is 6.00. The van der Waals surface area contributed by atoms with Crippen LogP contribution in [-0.2, 0) is 28.6 Å². The molecule has 6 bridgehead atoms. The van der Waals surface area contributed by atoms with Gasteiger partial charge in [0.05, 0.1) is 15.5 Å². The van der Waals surface area contributed by atoms with Gasteiger partial charge in [-0.25, -0.2) is 39.5 Å². The number of alkyl halides is 10. The summed E-state index contributed by atoms with van der Waals surface area (Å²) in [6.07, 6.45) is -4.29. The first kappa shape index (κ1) is 43.0. The molecular formula is C35H46BrF9O6S2. The van der Waals surface area contributed by atoms with E-state index in [2.05, 4.69) is 20.1 Å². The summed E-state index contributed by atoms with van der Waals surface area (Å²) in [6, 6.07) is 5.83. The minimum Gasteiger partial charge on any atom is -0.260 e. The van der Waals surface area contributed by atoms with Crippen molar-refractivity contribution >= 4 is 36.2 Å². The van der Waals surface area contributed by atoms with Crippen molar-refractivity contribution in [1.82, 2.24) is 0 Å². The molecule has 3 unspecified atom stereocenters. The molecule has 0 radical (unpaired) electrons. The fraction of sp³-hybridized carbons (Fsp3) is 0.829. The van der Waals surface area contributed by atoms with Gasteiger partial charge in [0.2, 0.25) is 0 Å². The van der Waals surface area contributed by atoms with E-state index in [4.69, 9.17) is 4.18 Å². The monoisotopic (exact) mass is 876 g/mol. The fourth-order valence-electron chi connectivity index (χ4n) is 8.86. The first-order valence-corrected chi connectivity index (χ1v) is 21.6. The third-order valence-electron chi connectivity index (χ3n) is 13.2. The highest BCUT2D eigenvalue weighted by molar-refractivity contribution is 9.10. The topological polar surface area (TPSA) is 86.7 Å². The maximum absolute atomic E-state index is 14.5. The largest absolute Gasteiger partial charge is 0.297 e. The van der Waals surface area contributed by atoms with Crippen molar-refractivity contribution in [3.05, 3.63) is 29.8 Å². The van der Waals surface area contributed by atoms with Crippen LogP contribution in [0.2, 0.25) is 0 Å².